The maximum atomic E-state index is 13.5. The van der Waals surface area contributed by atoms with Crippen molar-refractivity contribution in [3.05, 3.63) is 137 Å². The lowest BCUT2D eigenvalue weighted by molar-refractivity contribution is -0.111. The Morgan fingerprint density at radius 2 is 0.433 bits per heavy atom. The van der Waals surface area contributed by atoms with Gasteiger partial charge in [-0.15, -0.1) is 0 Å². The van der Waals surface area contributed by atoms with Gasteiger partial charge >= 0.3 is 0 Å². The molecule has 3 aliphatic rings. The predicted octanol–water partition coefficient (Wildman–Crippen LogP) is 8.46. The van der Waals surface area contributed by atoms with E-state index in [4.69, 9.17) is 0 Å². The van der Waals surface area contributed by atoms with E-state index in [2.05, 4.69) is 73.4 Å². The highest BCUT2D eigenvalue weighted by Crippen LogP contribution is 2.33. The third-order valence-electron chi connectivity index (χ3n) is 11.9. The van der Waals surface area contributed by atoms with Crippen molar-refractivity contribution in [2.75, 3.05) is 0 Å². The van der Waals surface area contributed by atoms with E-state index in [1.807, 2.05) is 41.5 Å². The van der Waals surface area contributed by atoms with Crippen LogP contribution >= 0.6 is 0 Å². The normalized spacial score (nSPS) is 17.4. The third-order valence-corrected chi connectivity index (χ3v) is 11.9. The quantitative estimate of drug-likeness (QED) is 0.171. The van der Waals surface area contributed by atoms with Crippen LogP contribution in [0.3, 0.4) is 0 Å². The number of hydrogen-bond donors (Lipinski definition) is 6. The smallest absolute Gasteiger partial charge is 0.182 e. The van der Waals surface area contributed by atoms with Crippen molar-refractivity contribution >= 4 is 17.3 Å². The van der Waals surface area contributed by atoms with Crippen LogP contribution in [0.15, 0.2) is 70.6 Å². The molecule has 0 fully saturated rings. The molecule has 0 radical (unpaired) electrons. The molecule has 9 nitrogen and oxygen atoms in total. The molecule has 0 saturated carbocycles. The summed E-state index contributed by atoms with van der Waals surface area (Å²) in [4.78, 5) is 40.6. The minimum Gasteiger partial charge on any atom is -0.384 e. The van der Waals surface area contributed by atoms with Crippen molar-refractivity contribution in [3.8, 4) is 0 Å². The van der Waals surface area contributed by atoms with Crippen LogP contribution in [-0.2, 0) is 92.2 Å². The molecule has 0 spiro atoms. The Balaban J connectivity index is 2.07. The molecule has 0 amide bonds. The number of fused-ring (bicyclic) bond motifs is 18. The van der Waals surface area contributed by atoms with Gasteiger partial charge in [-0.05, 0) is 147 Å². The highest BCUT2D eigenvalue weighted by Gasteiger charge is 2.23. The van der Waals surface area contributed by atoms with E-state index in [1.165, 1.54) is 66.8 Å². The lowest BCUT2D eigenvalue weighted by Gasteiger charge is -2.28. The van der Waals surface area contributed by atoms with Crippen LogP contribution in [0.2, 0.25) is 0 Å². The summed E-state index contributed by atoms with van der Waals surface area (Å²) in [7, 11) is 0. The standard InChI is InChI=1S/C51H72N6O3/c1-13-40-46-25-52-31(7)19-37(58)22-34(10)55-28-49-43(16-4)50-29-56-35(11)23-38(59)20-32(8)53-26-47(40)42(15-3)48(41(46)14-2)27-54-33(9)21-39(60)24-36(12)57-30-51(44(49)17-5)45(50)18-6/h19-24,52-57H,13-18,25-30H2,1-12H3/b31-19-,32-20?,33-21?,34-22?,35-23?,36-24?. The molecule has 3 heterocycles. The molecule has 0 atom stereocenters. The first-order valence-electron chi connectivity index (χ1n) is 22.2. The number of allylic oxidation sites excluding steroid dienone is 12. The zero-order chi connectivity index (χ0) is 44.1. The molecule has 6 bridgehead atoms. The summed E-state index contributed by atoms with van der Waals surface area (Å²) >= 11 is 0. The molecule has 60 heavy (non-hydrogen) atoms. The predicted molar refractivity (Wildman–Crippen MR) is 248 cm³/mol. The number of nitrogens with one attached hydrogen (secondary N) is 6. The summed E-state index contributed by atoms with van der Waals surface area (Å²) in [6.07, 6.45) is 15.0. The van der Waals surface area contributed by atoms with E-state index in [1.54, 1.807) is 36.5 Å². The first kappa shape index (κ1) is 47.4. The zero-order valence-corrected chi connectivity index (χ0v) is 38.7. The van der Waals surface area contributed by atoms with Crippen molar-refractivity contribution in [2.45, 2.75) is 161 Å². The molecular formula is C51H72N6O3. The van der Waals surface area contributed by atoms with Crippen molar-refractivity contribution < 1.29 is 14.4 Å². The van der Waals surface area contributed by atoms with Gasteiger partial charge in [0, 0.05) is 110 Å². The maximum absolute atomic E-state index is 13.5. The highest BCUT2D eigenvalue weighted by molar-refractivity contribution is 6.00. The van der Waals surface area contributed by atoms with Gasteiger partial charge in [0.25, 0.3) is 0 Å². The second-order valence-electron chi connectivity index (χ2n) is 16.2. The topological polar surface area (TPSA) is 123 Å². The molecule has 0 aromatic heterocycles. The van der Waals surface area contributed by atoms with E-state index in [0.29, 0.717) is 39.3 Å². The fraction of sp³-hybridized carbons (Fsp3) is 0.471. The Hall–Kier alpha value is -5.31. The SMILES string of the molecule is CCc1c2c(CC)c3c(CC)c1CNC(C)=CC(=O)C=C(C)NCc1c(CC)c(c(CC)c(c1CC)CN/C(C)=C\C(=O)C=C(C)NC3)CNC(C)=CC(=O)C=C(C)NC2. The van der Waals surface area contributed by atoms with Gasteiger partial charge in [-0.2, -0.15) is 0 Å². The number of hydrogen-bond acceptors (Lipinski definition) is 9. The Labute approximate surface area is 360 Å². The van der Waals surface area contributed by atoms with Gasteiger partial charge in [-0.1, -0.05) is 41.5 Å². The fourth-order valence-electron chi connectivity index (χ4n) is 9.11. The molecule has 9 heteroatoms. The Morgan fingerprint density at radius 3 is 0.550 bits per heavy atom. The molecule has 5 rings (SSSR count). The van der Waals surface area contributed by atoms with Crippen LogP contribution in [0.1, 0.15) is 150 Å². The first-order chi connectivity index (χ1) is 28.7. The largest absolute Gasteiger partial charge is 0.384 e. The maximum Gasteiger partial charge on any atom is 0.182 e. The molecule has 2 aromatic rings. The Bertz CT molecular complexity index is 1720. The van der Waals surface area contributed by atoms with Gasteiger partial charge in [0.2, 0.25) is 0 Å². The number of benzene rings is 2. The van der Waals surface area contributed by atoms with E-state index in [-0.39, 0.29) is 17.3 Å². The Kier molecular flexibility index (Phi) is 17.6. The molecule has 0 saturated heterocycles. The van der Waals surface area contributed by atoms with Gasteiger partial charge in [0.05, 0.1) is 0 Å². The average Bonchev–Trinajstić information content (AvgIpc) is 3.19. The number of carbonyl (C=O) groups is 3. The molecule has 0 aliphatic carbocycles. The summed E-state index contributed by atoms with van der Waals surface area (Å²) in [5, 5.41) is 21.6. The zero-order valence-electron chi connectivity index (χ0n) is 38.7. The molecule has 324 valence electrons. The van der Waals surface area contributed by atoms with Crippen molar-refractivity contribution in [2.24, 2.45) is 0 Å². The van der Waals surface area contributed by atoms with Crippen LogP contribution in [0.5, 0.6) is 0 Å². The van der Waals surface area contributed by atoms with Gasteiger partial charge in [-0.3, -0.25) is 14.4 Å². The Morgan fingerprint density at radius 1 is 0.300 bits per heavy atom. The fourth-order valence-corrected chi connectivity index (χ4v) is 9.11. The minimum absolute atomic E-state index is 0.0721. The number of ketones is 3. The van der Waals surface area contributed by atoms with Crippen molar-refractivity contribution in [1.82, 2.24) is 31.9 Å². The van der Waals surface area contributed by atoms with Crippen LogP contribution in [-0.4, -0.2) is 17.3 Å². The highest BCUT2D eigenvalue weighted by atomic mass is 16.1. The molecule has 0 unspecified atom stereocenters. The van der Waals surface area contributed by atoms with Gasteiger partial charge in [0.1, 0.15) is 0 Å². The van der Waals surface area contributed by atoms with E-state index in [9.17, 15) is 14.4 Å². The first-order valence-corrected chi connectivity index (χ1v) is 22.2. The second-order valence-corrected chi connectivity index (χ2v) is 16.2. The molecule has 3 aliphatic heterocycles. The van der Waals surface area contributed by atoms with E-state index in [0.717, 1.165) is 72.7 Å². The van der Waals surface area contributed by atoms with Crippen molar-refractivity contribution in [3.63, 3.8) is 0 Å². The summed E-state index contributed by atoms with van der Waals surface area (Å²) in [6.45, 7) is 28.2. The number of rotatable bonds is 6. The van der Waals surface area contributed by atoms with Crippen LogP contribution in [0, 0.1) is 0 Å². The van der Waals surface area contributed by atoms with Crippen LogP contribution in [0.4, 0.5) is 0 Å². The third kappa shape index (κ3) is 11.9. The molecule has 2 aromatic carbocycles. The average molecular weight is 817 g/mol. The lowest BCUT2D eigenvalue weighted by atomic mass is 9.83. The van der Waals surface area contributed by atoms with Gasteiger partial charge < -0.3 is 31.9 Å². The van der Waals surface area contributed by atoms with Gasteiger partial charge in [-0.25, -0.2) is 0 Å². The van der Waals surface area contributed by atoms with Crippen LogP contribution < -0.4 is 31.9 Å². The minimum atomic E-state index is -0.0721. The monoisotopic (exact) mass is 817 g/mol. The summed E-state index contributed by atoms with van der Waals surface area (Å²) in [5.74, 6) is -0.216. The molecule has 6 N–H and O–H groups in total. The second kappa shape index (κ2) is 22.3. The van der Waals surface area contributed by atoms with Crippen molar-refractivity contribution in [1.29, 1.82) is 0 Å². The number of carbonyl (C=O) groups excluding carboxylic acids is 3. The van der Waals surface area contributed by atoms with E-state index < -0.39 is 0 Å². The lowest BCUT2D eigenvalue weighted by Crippen LogP contribution is -2.25. The summed E-state index contributed by atoms with van der Waals surface area (Å²) < 4.78 is 0. The molecular weight excluding hydrogens is 745 g/mol. The summed E-state index contributed by atoms with van der Waals surface area (Å²) in [5.41, 5.74) is 19.7. The van der Waals surface area contributed by atoms with Crippen LogP contribution in [0.25, 0.3) is 0 Å². The summed E-state index contributed by atoms with van der Waals surface area (Å²) in [6, 6.07) is 0. The van der Waals surface area contributed by atoms with Gasteiger partial charge in [0.15, 0.2) is 17.3 Å². The van der Waals surface area contributed by atoms with E-state index >= 15 is 0 Å².